The highest BCUT2D eigenvalue weighted by atomic mass is 79.9. The van der Waals surface area contributed by atoms with Crippen molar-refractivity contribution in [1.82, 2.24) is 4.31 Å². The summed E-state index contributed by atoms with van der Waals surface area (Å²) in [6.45, 7) is 6.87. The minimum Gasteiger partial charge on any atom is -0.211 e. The van der Waals surface area contributed by atoms with Crippen molar-refractivity contribution < 1.29 is 8.42 Å². The standard InChI is InChI=1S/C13H20BrNO2S/c1-13(2,3)12-7-5-11(6-8-12)9-15(4)18(16,17)10-14/h5-8H,9-10H2,1-4H3. The second-order valence-electron chi connectivity index (χ2n) is 5.42. The Balaban J connectivity index is 2.82. The van der Waals surface area contributed by atoms with E-state index in [0.717, 1.165) is 5.56 Å². The van der Waals surface area contributed by atoms with Crippen LogP contribution in [0.3, 0.4) is 0 Å². The molecule has 0 saturated heterocycles. The first-order valence-corrected chi connectivity index (χ1v) is 8.49. The van der Waals surface area contributed by atoms with Crippen molar-refractivity contribution in [2.75, 3.05) is 11.7 Å². The van der Waals surface area contributed by atoms with Crippen LogP contribution >= 0.6 is 15.9 Å². The normalized spacial score (nSPS) is 13.0. The summed E-state index contributed by atoms with van der Waals surface area (Å²) in [5.41, 5.74) is 2.36. The van der Waals surface area contributed by atoms with Gasteiger partial charge in [0.05, 0.1) is 0 Å². The van der Waals surface area contributed by atoms with Crippen molar-refractivity contribution in [2.45, 2.75) is 32.7 Å². The van der Waals surface area contributed by atoms with Crippen LogP contribution in [0, 0.1) is 0 Å². The summed E-state index contributed by atoms with van der Waals surface area (Å²) in [5, 5.41) is 0. The number of rotatable bonds is 4. The third kappa shape index (κ3) is 4.07. The molecule has 0 aliphatic carbocycles. The minimum atomic E-state index is -3.18. The van der Waals surface area contributed by atoms with Gasteiger partial charge in [0.25, 0.3) is 0 Å². The Kier molecular flexibility index (Phi) is 4.98. The van der Waals surface area contributed by atoms with Gasteiger partial charge in [-0.1, -0.05) is 61.0 Å². The Hall–Kier alpha value is -0.390. The molecule has 0 aromatic heterocycles. The highest BCUT2D eigenvalue weighted by Gasteiger charge is 2.17. The lowest BCUT2D eigenvalue weighted by Crippen LogP contribution is -2.27. The molecule has 0 heterocycles. The van der Waals surface area contributed by atoms with Crippen molar-refractivity contribution >= 4 is 26.0 Å². The lowest BCUT2D eigenvalue weighted by Gasteiger charge is -2.20. The van der Waals surface area contributed by atoms with Gasteiger partial charge in [0.1, 0.15) is 4.66 Å². The summed E-state index contributed by atoms with van der Waals surface area (Å²) >= 11 is 2.99. The van der Waals surface area contributed by atoms with Crippen LogP contribution in [0.2, 0.25) is 0 Å². The maximum absolute atomic E-state index is 11.6. The minimum absolute atomic E-state index is 0.0451. The smallest absolute Gasteiger partial charge is 0.211 e. The van der Waals surface area contributed by atoms with E-state index in [2.05, 4.69) is 48.8 Å². The van der Waals surface area contributed by atoms with Gasteiger partial charge in [-0.3, -0.25) is 0 Å². The lowest BCUT2D eigenvalue weighted by molar-refractivity contribution is 0.471. The van der Waals surface area contributed by atoms with Crippen LogP contribution in [0.4, 0.5) is 0 Å². The fourth-order valence-corrected chi connectivity index (χ4v) is 3.11. The van der Waals surface area contributed by atoms with Crippen LogP contribution in [-0.4, -0.2) is 24.4 Å². The summed E-state index contributed by atoms with van der Waals surface area (Å²) in [6.07, 6.45) is 0. The Morgan fingerprint density at radius 2 is 1.67 bits per heavy atom. The van der Waals surface area contributed by atoms with Crippen LogP contribution in [0.15, 0.2) is 24.3 Å². The highest BCUT2D eigenvalue weighted by Crippen LogP contribution is 2.22. The highest BCUT2D eigenvalue weighted by molar-refractivity contribution is 9.10. The number of hydrogen-bond donors (Lipinski definition) is 0. The van der Waals surface area contributed by atoms with Gasteiger partial charge in [0.2, 0.25) is 10.0 Å². The number of alkyl halides is 1. The van der Waals surface area contributed by atoms with Crippen LogP contribution in [0.1, 0.15) is 31.9 Å². The first kappa shape index (κ1) is 15.7. The molecule has 0 aliphatic rings. The van der Waals surface area contributed by atoms with Gasteiger partial charge >= 0.3 is 0 Å². The molecule has 0 amide bonds. The predicted octanol–water partition coefficient (Wildman–Crippen LogP) is 3.10. The van der Waals surface area contributed by atoms with Crippen LogP contribution in [0.25, 0.3) is 0 Å². The average molecular weight is 334 g/mol. The number of halogens is 1. The quantitative estimate of drug-likeness (QED) is 0.794. The van der Waals surface area contributed by atoms with Crippen LogP contribution < -0.4 is 0 Å². The van der Waals surface area contributed by atoms with Gasteiger partial charge in [0, 0.05) is 13.6 Å². The third-order valence-electron chi connectivity index (χ3n) is 2.84. The van der Waals surface area contributed by atoms with Gasteiger partial charge < -0.3 is 0 Å². The summed E-state index contributed by atoms with van der Waals surface area (Å²) in [4.78, 5) is 0. The molecular formula is C13H20BrNO2S. The molecule has 0 unspecified atom stereocenters. The number of sulfonamides is 1. The Labute approximate surface area is 118 Å². The summed E-state index contributed by atoms with van der Waals surface area (Å²) in [5.74, 6) is 0. The zero-order valence-electron chi connectivity index (χ0n) is 11.3. The molecule has 3 nitrogen and oxygen atoms in total. The average Bonchev–Trinajstić information content (AvgIpc) is 2.28. The first-order valence-electron chi connectivity index (χ1n) is 5.76. The van der Waals surface area contributed by atoms with E-state index in [1.807, 2.05) is 12.1 Å². The summed E-state index contributed by atoms with van der Waals surface area (Å²) in [6, 6.07) is 8.09. The number of benzene rings is 1. The molecule has 0 saturated carbocycles. The van der Waals surface area contributed by atoms with Gasteiger partial charge in [0.15, 0.2) is 0 Å². The third-order valence-corrected chi connectivity index (χ3v) is 5.93. The molecule has 1 rings (SSSR count). The summed E-state index contributed by atoms with van der Waals surface area (Å²) < 4.78 is 24.5. The fraction of sp³-hybridized carbons (Fsp3) is 0.538. The molecule has 1 aromatic carbocycles. The number of nitrogens with zero attached hydrogens (tertiary/aromatic N) is 1. The molecule has 18 heavy (non-hydrogen) atoms. The maximum Gasteiger partial charge on any atom is 0.224 e. The lowest BCUT2D eigenvalue weighted by atomic mass is 9.87. The van der Waals surface area contributed by atoms with E-state index >= 15 is 0 Å². The van der Waals surface area contributed by atoms with E-state index < -0.39 is 10.0 Å². The molecule has 0 N–H and O–H groups in total. The SMILES string of the molecule is CN(Cc1ccc(C(C)(C)C)cc1)S(=O)(=O)CBr. The molecule has 102 valence electrons. The molecule has 0 atom stereocenters. The van der Waals surface area contributed by atoms with Crippen molar-refractivity contribution in [3.05, 3.63) is 35.4 Å². The van der Waals surface area contributed by atoms with Crippen molar-refractivity contribution in [3.63, 3.8) is 0 Å². The van der Waals surface area contributed by atoms with E-state index in [4.69, 9.17) is 0 Å². The topological polar surface area (TPSA) is 37.4 Å². The van der Waals surface area contributed by atoms with E-state index in [0.29, 0.717) is 6.54 Å². The second-order valence-corrected chi connectivity index (χ2v) is 8.80. The fourth-order valence-electron chi connectivity index (χ4n) is 1.55. The first-order chi connectivity index (χ1) is 8.16. The van der Waals surface area contributed by atoms with Crippen molar-refractivity contribution in [1.29, 1.82) is 0 Å². The molecule has 0 fully saturated rings. The van der Waals surface area contributed by atoms with Crippen molar-refractivity contribution in [2.24, 2.45) is 0 Å². The van der Waals surface area contributed by atoms with E-state index in [1.54, 1.807) is 7.05 Å². The maximum atomic E-state index is 11.6. The predicted molar refractivity (Wildman–Crippen MR) is 79.3 cm³/mol. The van der Waals surface area contributed by atoms with Gasteiger partial charge in [-0.2, -0.15) is 4.31 Å². The monoisotopic (exact) mass is 333 g/mol. The van der Waals surface area contributed by atoms with E-state index in [1.165, 1.54) is 9.87 Å². The van der Waals surface area contributed by atoms with Crippen LogP contribution in [-0.2, 0) is 22.0 Å². The van der Waals surface area contributed by atoms with Crippen LogP contribution in [0.5, 0.6) is 0 Å². The molecule has 5 heteroatoms. The Bertz CT molecular complexity index is 489. The molecule has 0 bridgehead atoms. The molecule has 0 aliphatic heterocycles. The zero-order chi connectivity index (χ0) is 14.0. The second kappa shape index (κ2) is 5.72. The molecule has 1 aromatic rings. The van der Waals surface area contributed by atoms with E-state index in [-0.39, 0.29) is 10.1 Å². The Morgan fingerprint density at radius 1 is 1.17 bits per heavy atom. The largest absolute Gasteiger partial charge is 0.224 e. The number of hydrogen-bond acceptors (Lipinski definition) is 2. The Morgan fingerprint density at radius 3 is 2.06 bits per heavy atom. The van der Waals surface area contributed by atoms with Crippen molar-refractivity contribution in [3.8, 4) is 0 Å². The molecule has 0 spiro atoms. The van der Waals surface area contributed by atoms with Gasteiger partial charge in [-0.05, 0) is 16.5 Å². The molecular weight excluding hydrogens is 314 g/mol. The zero-order valence-corrected chi connectivity index (χ0v) is 13.7. The molecule has 0 radical (unpaired) electrons. The van der Waals surface area contributed by atoms with Gasteiger partial charge in [-0.25, -0.2) is 8.42 Å². The van der Waals surface area contributed by atoms with Gasteiger partial charge in [-0.15, -0.1) is 0 Å². The summed E-state index contributed by atoms with van der Waals surface area (Å²) in [7, 11) is -1.59. The van der Waals surface area contributed by atoms with E-state index in [9.17, 15) is 8.42 Å².